The molecule has 0 unspecified atom stereocenters. The van der Waals surface area contributed by atoms with Crippen molar-refractivity contribution in [1.82, 2.24) is 0 Å². The van der Waals surface area contributed by atoms with Crippen LogP contribution >= 0.6 is 0 Å². The number of sulfone groups is 1. The van der Waals surface area contributed by atoms with E-state index < -0.39 is 37.8 Å². The van der Waals surface area contributed by atoms with E-state index in [1.54, 1.807) is 0 Å². The van der Waals surface area contributed by atoms with Gasteiger partial charge in [-0.25, -0.2) is 13.2 Å². The van der Waals surface area contributed by atoms with Crippen LogP contribution in [-0.2, 0) is 15.6 Å². The van der Waals surface area contributed by atoms with E-state index in [1.807, 2.05) is 0 Å². The normalized spacial score (nSPS) is 11.1. The smallest absolute Gasteiger partial charge is 0.339 e. The number of aromatic carboxylic acids is 1. The van der Waals surface area contributed by atoms with E-state index in [0.717, 1.165) is 24.3 Å². The van der Waals surface area contributed by atoms with E-state index in [0.29, 0.717) is 0 Å². The van der Waals surface area contributed by atoms with Crippen molar-refractivity contribution in [3.05, 3.63) is 57.6 Å². The molecule has 0 fully saturated rings. The van der Waals surface area contributed by atoms with Gasteiger partial charge in [0.1, 0.15) is 11.3 Å². The number of rotatable bonds is 6. The van der Waals surface area contributed by atoms with Gasteiger partial charge in [-0.15, -0.1) is 0 Å². The van der Waals surface area contributed by atoms with Crippen molar-refractivity contribution in [2.24, 2.45) is 0 Å². The summed E-state index contributed by atoms with van der Waals surface area (Å²) in [4.78, 5) is 21.0. The lowest BCUT2D eigenvalue weighted by Crippen LogP contribution is -2.07. The molecule has 0 amide bonds. The van der Waals surface area contributed by atoms with Crippen LogP contribution < -0.4 is 4.74 Å². The lowest BCUT2D eigenvalue weighted by Gasteiger charge is -2.08. The Morgan fingerprint density at radius 3 is 2.48 bits per heavy atom. The summed E-state index contributed by atoms with van der Waals surface area (Å²) in [5, 5.41) is 29.4. The second-order valence-electron chi connectivity index (χ2n) is 5.01. The zero-order valence-electron chi connectivity index (χ0n) is 12.9. The predicted octanol–water partition coefficient (Wildman–Crippen LogP) is 1.98. The number of ether oxygens (including phenoxy) is 1. The summed E-state index contributed by atoms with van der Waals surface area (Å²) < 4.78 is 29.7. The predicted molar refractivity (Wildman–Crippen MR) is 85.6 cm³/mol. The maximum atomic E-state index is 12.4. The molecule has 0 atom stereocenters. The van der Waals surface area contributed by atoms with Gasteiger partial charge in [0.25, 0.3) is 0 Å². The van der Waals surface area contributed by atoms with E-state index in [9.17, 15) is 28.4 Å². The van der Waals surface area contributed by atoms with Gasteiger partial charge >= 0.3 is 11.7 Å². The number of nitro groups is 1. The number of nitro benzene ring substituents is 1. The maximum Gasteiger partial charge on any atom is 0.339 e. The molecule has 0 heterocycles. The number of hydrogen-bond acceptors (Lipinski definition) is 7. The highest BCUT2D eigenvalue weighted by Gasteiger charge is 2.22. The zero-order valence-corrected chi connectivity index (χ0v) is 13.7. The first-order valence-electron chi connectivity index (χ1n) is 6.76. The Morgan fingerprint density at radius 2 is 1.92 bits per heavy atom. The fraction of sp³-hybridized carbons (Fsp3) is 0.133. The average Bonchev–Trinajstić information content (AvgIpc) is 2.54. The lowest BCUT2D eigenvalue weighted by atomic mass is 10.2. The molecular weight excluding hydrogens is 354 g/mol. The van der Waals surface area contributed by atoms with Crippen molar-refractivity contribution in [3.63, 3.8) is 0 Å². The number of methoxy groups -OCH3 is 1. The first-order valence-corrected chi connectivity index (χ1v) is 8.41. The average molecular weight is 367 g/mol. The van der Waals surface area contributed by atoms with Crippen LogP contribution in [0.1, 0.15) is 15.9 Å². The Hall–Kier alpha value is -3.14. The highest BCUT2D eigenvalue weighted by atomic mass is 32.2. The van der Waals surface area contributed by atoms with Crippen LogP contribution in [0, 0.1) is 10.1 Å². The van der Waals surface area contributed by atoms with Gasteiger partial charge < -0.3 is 14.9 Å². The molecule has 0 aromatic heterocycles. The number of carboxylic acid groups (broad SMARTS) is 1. The van der Waals surface area contributed by atoms with Gasteiger partial charge in [-0.2, -0.15) is 0 Å². The number of carboxylic acids is 1. The quantitative estimate of drug-likeness (QED) is 0.582. The maximum absolute atomic E-state index is 12.4. The summed E-state index contributed by atoms with van der Waals surface area (Å²) in [7, 11) is -2.73. The van der Waals surface area contributed by atoms with Crippen LogP contribution in [0.25, 0.3) is 0 Å². The SMILES string of the molecule is COc1ccc(CS(=O)(=O)c2ccc(O)c(C(=O)O)c2)cc1[N+](=O)[O-]. The Morgan fingerprint density at radius 1 is 1.24 bits per heavy atom. The van der Waals surface area contributed by atoms with Gasteiger partial charge in [-0.05, 0) is 29.8 Å². The minimum atomic E-state index is -3.99. The molecule has 132 valence electrons. The Bertz CT molecular complexity index is 952. The third-order valence-corrected chi connectivity index (χ3v) is 5.04. The van der Waals surface area contributed by atoms with Gasteiger partial charge in [0, 0.05) is 6.07 Å². The Kier molecular flexibility index (Phi) is 4.93. The Balaban J connectivity index is 2.43. The largest absolute Gasteiger partial charge is 0.507 e. The molecule has 0 aliphatic rings. The van der Waals surface area contributed by atoms with Crippen molar-refractivity contribution in [1.29, 1.82) is 0 Å². The minimum absolute atomic E-state index is 0.0102. The molecule has 25 heavy (non-hydrogen) atoms. The molecule has 0 aliphatic heterocycles. The number of phenols is 1. The highest BCUT2D eigenvalue weighted by molar-refractivity contribution is 7.90. The minimum Gasteiger partial charge on any atom is -0.507 e. The van der Waals surface area contributed by atoms with Crippen LogP contribution in [0.2, 0.25) is 0 Å². The molecule has 2 rings (SSSR count). The second kappa shape index (κ2) is 6.77. The van der Waals surface area contributed by atoms with Gasteiger partial charge in [0.2, 0.25) is 0 Å². The molecule has 2 aromatic rings. The molecule has 2 N–H and O–H groups in total. The van der Waals surface area contributed by atoms with E-state index in [4.69, 9.17) is 9.84 Å². The number of carbonyl (C=O) groups is 1. The summed E-state index contributed by atoms with van der Waals surface area (Å²) in [5.74, 6) is -2.63. The monoisotopic (exact) mass is 367 g/mol. The van der Waals surface area contributed by atoms with Crippen LogP contribution in [-0.4, -0.2) is 36.6 Å². The van der Waals surface area contributed by atoms with E-state index in [1.165, 1.54) is 19.2 Å². The summed E-state index contributed by atoms with van der Waals surface area (Å²) >= 11 is 0. The molecule has 0 saturated carbocycles. The fourth-order valence-electron chi connectivity index (χ4n) is 2.15. The van der Waals surface area contributed by atoms with Crippen molar-refractivity contribution in [2.75, 3.05) is 7.11 Å². The van der Waals surface area contributed by atoms with Crippen molar-refractivity contribution < 1.29 is 33.1 Å². The van der Waals surface area contributed by atoms with Crippen molar-refractivity contribution in [3.8, 4) is 11.5 Å². The van der Waals surface area contributed by atoms with E-state index in [2.05, 4.69) is 0 Å². The third-order valence-electron chi connectivity index (χ3n) is 3.35. The second-order valence-corrected chi connectivity index (χ2v) is 7.00. The summed E-state index contributed by atoms with van der Waals surface area (Å²) in [6.45, 7) is 0. The first-order chi connectivity index (χ1) is 11.7. The van der Waals surface area contributed by atoms with Gasteiger partial charge in [-0.1, -0.05) is 6.07 Å². The molecule has 10 heteroatoms. The van der Waals surface area contributed by atoms with Crippen LogP contribution in [0.5, 0.6) is 11.5 Å². The summed E-state index contributed by atoms with van der Waals surface area (Å²) in [6, 6.07) is 6.59. The third kappa shape index (κ3) is 3.86. The lowest BCUT2D eigenvalue weighted by molar-refractivity contribution is -0.385. The van der Waals surface area contributed by atoms with Crippen LogP contribution in [0.15, 0.2) is 41.3 Å². The number of aromatic hydroxyl groups is 1. The standard InChI is InChI=1S/C15H13NO8S/c1-24-14-5-2-9(6-12(14)16(20)21)8-25(22,23)10-3-4-13(17)11(7-10)15(18)19/h2-7,17H,8H2,1H3,(H,18,19). The molecule has 0 saturated heterocycles. The fourth-order valence-corrected chi connectivity index (χ4v) is 3.51. The molecule has 0 aliphatic carbocycles. The topological polar surface area (TPSA) is 144 Å². The van der Waals surface area contributed by atoms with Gasteiger partial charge in [0.05, 0.1) is 22.7 Å². The molecule has 0 spiro atoms. The van der Waals surface area contributed by atoms with Crippen LogP contribution in [0.3, 0.4) is 0 Å². The molecule has 9 nitrogen and oxygen atoms in total. The molecule has 0 radical (unpaired) electrons. The van der Waals surface area contributed by atoms with Crippen LogP contribution in [0.4, 0.5) is 5.69 Å². The van der Waals surface area contributed by atoms with Crippen molar-refractivity contribution in [2.45, 2.75) is 10.6 Å². The molecule has 0 bridgehead atoms. The number of benzene rings is 2. The Labute approximate surface area is 142 Å². The summed E-state index contributed by atoms with van der Waals surface area (Å²) in [6.07, 6.45) is 0. The first kappa shape index (κ1) is 18.2. The van der Waals surface area contributed by atoms with Gasteiger partial charge in [-0.3, -0.25) is 10.1 Å². The summed E-state index contributed by atoms with van der Waals surface area (Å²) in [5.41, 5.74) is -0.800. The number of hydrogen-bond donors (Lipinski definition) is 2. The van der Waals surface area contributed by atoms with E-state index >= 15 is 0 Å². The molecule has 2 aromatic carbocycles. The number of nitrogens with zero attached hydrogens (tertiary/aromatic N) is 1. The van der Waals surface area contributed by atoms with Crippen molar-refractivity contribution >= 4 is 21.5 Å². The zero-order chi connectivity index (χ0) is 18.8. The van der Waals surface area contributed by atoms with Gasteiger partial charge in [0.15, 0.2) is 15.6 Å². The van der Waals surface area contributed by atoms with E-state index in [-0.39, 0.29) is 21.9 Å². The highest BCUT2D eigenvalue weighted by Crippen LogP contribution is 2.30. The molecular formula is C15H13NO8S.